The third kappa shape index (κ3) is 4.18. The van der Waals surface area contributed by atoms with Crippen molar-refractivity contribution in [3.63, 3.8) is 0 Å². The molecule has 28 heavy (non-hydrogen) atoms. The lowest BCUT2D eigenvalue weighted by molar-refractivity contribution is -0.134. The van der Waals surface area contributed by atoms with Gasteiger partial charge in [-0.05, 0) is 11.6 Å². The van der Waals surface area contributed by atoms with Gasteiger partial charge in [-0.2, -0.15) is 0 Å². The zero-order valence-electron chi connectivity index (χ0n) is 15.3. The Morgan fingerprint density at radius 2 is 1.93 bits per heavy atom. The van der Waals surface area contributed by atoms with Gasteiger partial charge in [0, 0.05) is 48.6 Å². The number of nitrogens with zero attached hydrogens (tertiary/aromatic N) is 4. The van der Waals surface area contributed by atoms with Crippen molar-refractivity contribution in [1.29, 1.82) is 0 Å². The van der Waals surface area contributed by atoms with Gasteiger partial charge in [-0.15, -0.1) is 23.1 Å². The number of aromatic nitrogens is 2. The summed E-state index contributed by atoms with van der Waals surface area (Å²) in [6.07, 6.45) is 2.91. The number of thioether (sulfide) groups is 1. The highest BCUT2D eigenvalue weighted by Crippen LogP contribution is 2.36. The number of rotatable bonds is 6. The Kier molecular flexibility index (Phi) is 5.87. The molecule has 0 atom stereocenters. The van der Waals surface area contributed by atoms with E-state index in [2.05, 4.69) is 28.2 Å². The Balaban J connectivity index is 1.39. The van der Waals surface area contributed by atoms with Gasteiger partial charge in [0.05, 0.1) is 0 Å². The van der Waals surface area contributed by atoms with Crippen LogP contribution in [0.25, 0.3) is 20.7 Å². The average Bonchev–Trinajstić information content (AvgIpc) is 3.20. The molecule has 0 radical (unpaired) electrons. The molecule has 0 spiro atoms. The number of amides is 2. The van der Waals surface area contributed by atoms with E-state index in [1.807, 2.05) is 23.1 Å². The predicted molar refractivity (Wildman–Crippen MR) is 112 cm³/mol. The number of carbonyl (C=O) groups is 2. The number of hydrogen-bond donors (Lipinski definition) is 0. The highest BCUT2D eigenvalue weighted by atomic mass is 32.2. The van der Waals surface area contributed by atoms with Gasteiger partial charge in [-0.3, -0.25) is 9.59 Å². The van der Waals surface area contributed by atoms with Crippen LogP contribution in [0.3, 0.4) is 0 Å². The lowest BCUT2D eigenvalue weighted by atomic mass is 10.2. The normalized spacial score (nSPS) is 14.4. The summed E-state index contributed by atoms with van der Waals surface area (Å²) in [6, 6.07) is 12.4. The van der Waals surface area contributed by atoms with E-state index in [1.54, 1.807) is 34.3 Å². The summed E-state index contributed by atoms with van der Waals surface area (Å²) in [4.78, 5) is 37.7. The zero-order chi connectivity index (χ0) is 19.3. The monoisotopic (exact) mass is 412 g/mol. The summed E-state index contributed by atoms with van der Waals surface area (Å²) < 4.78 is 0. The fourth-order valence-electron chi connectivity index (χ4n) is 3.16. The van der Waals surface area contributed by atoms with E-state index in [-0.39, 0.29) is 5.91 Å². The number of thiophene rings is 1. The molecular formula is C20H20N4O2S2. The molecule has 144 valence electrons. The van der Waals surface area contributed by atoms with Gasteiger partial charge in [-0.1, -0.05) is 30.3 Å². The summed E-state index contributed by atoms with van der Waals surface area (Å²) in [5.41, 5.74) is 1.17. The smallest absolute Gasteiger partial charge is 0.223 e. The Hall–Kier alpha value is -2.45. The van der Waals surface area contributed by atoms with E-state index >= 15 is 0 Å². The minimum absolute atomic E-state index is 0.138. The number of hydrogen-bond acceptors (Lipinski definition) is 6. The second-order valence-electron chi connectivity index (χ2n) is 6.49. The van der Waals surface area contributed by atoms with Gasteiger partial charge in [0.25, 0.3) is 0 Å². The first kappa shape index (κ1) is 18.9. The topological polar surface area (TPSA) is 66.4 Å². The molecule has 8 heteroatoms. The van der Waals surface area contributed by atoms with Crippen LogP contribution in [0.5, 0.6) is 0 Å². The van der Waals surface area contributed by atoms with Crippen molar-refractivity contribution in [2.45, 2.75) is 11.4 Å². The first-order valence-corrected chi connectivity index (χ1v) is 10.9. The van der Waals surface area contributed by atoms with Crippen LogP contribution in [0, 0.1) is 0 Å². The van der Waals surface area contributed by atoms with Crippen molar-refractivity contribution in [1.82, 2.24) is 19.8 Å². The molecule has 3 aromatic rings. The molecule has 0 saturated carbocycles. The van der Waals surface area contributed by atoms with E-state index in [0.717, 1.165) is 21.7 Å². The second-order valence-corrected chi connectivity index (χ2v) is 8.61. The summed E-state index contributed by atoms with van der Waals surface area (Å²) in [5, 5.41) is 1.96. The maximum Gasteiger partial charge on any atom is 0.223 e. The summed E-state index contributed by atoms with van der Waals surface area (Å²) >= 11 is 3.25. The molecule has 0 aliphatic carbocycles. The minimum atomic E-state index is 0.138. The van der Waals surface area contributed by atoms with Crippen LogP contribution in [0.4, 0.5) is 0 Å². The number of carbonyl (C=O) groups excluding carboxylic acids is 2. The highest BCUT2D eigenvalue weighted by molar-refractivity contribution is 7.99. The SMILES string of the molecule is O=CN1CCN(C(=O)CCSc2ncnc3sc(-c4ccccc4)cc23)CC1. The van der Waals surface area contributed by atoms with Gasteiger partial charge in [-0.25, -0.2) is 9.97 Å². The maximum absolute atomic E-state index is 12.4. The molecule has 4 rings (SSSR count). The molecule has 1 fully saturated rings. The van der Waals surface area contributed by atoms with E-state index in [9.17, 15) is 9.59 Å². The van der Waals surface area contributed by atoms with Gasteiger partial charge in [0.15, 0.2) is 0 Å². The van der Waals surface area contributed by atoms with Crippen LogP contribution in [0.1, 0.15) is 6.42 Å². The van der Waals surface area contributed by atoms with Crippen LogP contribution in [0.15, 0.2) is 47.8 Å². The van der Waals surface area contributed by atoms with E-state index in [4.69, 9.17) is 0 Å². The van der Waals surface area contributed by atoms with Gasteiger partial charge >= 0.3 is 0 Å². The lowest BCUT2D eigenvalue weighted by Crippen LogP contribution is -2.48. The van der Waals surface area contributed by atoms with Crippen LogP contribution < -0.4 is 0 Å². The first-order valence-electron chi connectivity index (χ1n) is 9.14. The van der Waals surface area contributed by atoms with Crippen molar-refractivity contribution in [2.75, 3.05) is 31.9 Å². The first-order chi connectivity index (χ1) is 13.7. The summed E-state index contributed by atoms with van der Waals surface area (Å²) in [5.74, 6) is 0.814. The minimum Gasteiger partial charge on any atom is -0.342 e. The largest absolute Gasteiger partial charge is 0.342 e. The van der Waals surface area contributed by atoms with Crippen LogP contribution in [-0.4, -0.2) is 64.0 Å². The maximum atomic E-state index is 12.4. The molecule has 3 heterocycles. The van der Waals surface area contributed by atoms with Gasteiger partial charge < -0.3 is 9.80 Å². The Labute approximate surface area is 171 Å². The summed E-state index contributed by atoms with van der Waals surface area (Å²) in [7, 11) is 0. The van der Waals surface area contributed by atoms with Gasteiger partial charge in [0.2, 0.25) is 12.3 Å². The quantitative estimate of drug-likeness (QED) is 0.354. The molecule has 6 nitrogen and oxygen atoms in total. The predicted octanol–water partition coefficient (Wildman–Crippen LogP) is 3.14. The lowest BCUT2D eigenvalue weighted by Gasteiger charge is -2.32. The standard InChI is InChI=1S/C20H20N4O2S2/c25-14-23-7-9-24(10-8-23)18(26)6-11-27-19-16-12-17(15-4-2-1-3-5-15)28-20(16)22-13-21-19/h1-5,12-14H,6-11H2. The number of piperazine rings is 1. The molecule has 2 aromatic heterocycles. The van der Waals surface area contributed by atoms with Crippen molar-refractivity contribution < 1.29 is 9.59 Å². The molecule has 0 N–H and O–H groups in total. The molecule has 1 aromatic carbocycles. The van der Waals surface area contributed by atoms with Crippen molar-refractivity contribution in [3.8, 4) is 10.4 Å². The molecular weight excluding hydrogens is 392 g/mol. The fourth-order valence-corrected chi connectivity index (χ4v) is 5.14. The van der Waals surface area contributed by atoms with Crippen molar-refractivity contribution in [2.24, 2.45) is 0 Å². The second kappa shape index (κ2) is 8.70. The van der Waals surface area contributed by atoms with Gasteiger partial charge in [0.1, 0.15) is 16.2 Å². The molecule has 0 bridgehead atoms. The molecule has 1 aliphatic rings. The fraction of sp³-hybridized carbons (Fsp3) is 0.300. The third-order valence-electron chi connectivity index (χ3n) is 4.72. The molecule has 2 amide bonds. The Morgan fingerprint density at radius 3 is 2.68 bits per heavy atom. The average molecular weight is 413 g/mol. The number of benzene rings is 1. The Morgan fingerprint density at radius 1 is 1.14 bits per heavy atom. The molecule has 1 saturated heterocycles. The van der Waals surface area contributed by atoms with E-state index in [1.165, 1.54) is 10.4 Å². The third-order valence-corrected chi connectivity index (χ3v) is 6.82. The van der Waals surface area contributed by atoms with Crippen LogP contribution >= 0.6 is 23.1 Å². The van der Waals surface area contributed by atoms with Crippen molar-refractivity contribution in [3.05, 3.63) is 42.7 Å². The highest BCUT2D eigenvalue weighted by Gasteiger charge is 2.20. The van der Waals surface area contributed by atoms with E-state index < -0.39 is 0 Å². The van der Waals surface area contributed by atoms with E-state index in [0.29, 0.717) is 38.4 Å². The van der Waals surface area contributed by atoms with Crippen LogP contribution in [0.2, 0.25) is 0 Å². The Bertz CT molecular complexity index is 969. The molecule has 0 unspecified atom stereocenters. The van der Waals surface area contributed by atoms with Crippen molar-refractivity contribution >= 4 is 45.6 Å². The number of fused-ring (bicyclic) bond motifs is 1. The zero-order valence-corrected chi connectivity index (χ0v) is 16.9. The molecule has 1 aliphatic heterocycles. The van der Waals surface area contributed by atoms with Crippen LogP contribution in [-0.2, 0) is 9.59 Å². The summed E-state index contributed by atoms with van der Waals surface area (Å²) in [6.45, 7) is 2.47.